The van der Waals surface area contributed by atoms with Gasteiger partial charge in [-0.1, -0.05) is 0 Å². The van der Waals surface area contributed by atoms with E-state index < -0.39 is 8.53 Å². The van der Waals surface area contributed by atoms with E-state index in [0.29, 0.717) is 0 Å². The van der Waals surface area contributed by atoms with Gasteiger partial charge in [0.25, 0.3) is 8.53 Å². The Morgan fingerprint density at radius 1 is 1.27 bits per heavy atom. The van der Waals surface area contributed by atoms with Crippen LogP contribution in [0.25, 0.3) is 0 Å². The number of hydrogen-bond acceptors (Lipinski definition) is 4. The van der Waals surface area contributed by atoms with E-state index in [1.165, 1.54) is 0 Å². The van der Waals surface area contributed by atoms with Crippen molar-refractivity contribution in [3.63, 3.8) is 0 Å². The van der Waals surface area contributed by atoms with E-state index in [1.807, 2.05) is 27.7 Å². The monoisotopic (exact) mass is 180 g/mol. The predicted octanol–water partition coefficient (Wildman–Crippen LogP) is 1.21. The Balaban J connectivity index is 3.90. The van der Waals surface area contributed by atoms with Crippen LogP contribution in [0.3, 0.4) is 0 Å². The van der Waals surface area contributed by atoms with Gasteiger partial charge in [0.2, 0.25) is 0 Å². The molecule has 3 N–H and O–H groups in total. The smallest absolute Gasteiger partial charge is 0.268 e. The molecule has 68 valence electrons. The Hall–Kier alpha value is 0.270. The van der Waals surface area contributed by atoms with Gasteiger partial charge >= 0.3 is 0 Å². The maximum Gasteiger partial charge on any atom is 0.268 e. The summed E-state index contributed by atoms with van der Waals surface area (Å²) in [4.78, 5) is 8.80. The Kier molecular flexibility index (Phi) is 5.13. The zero-order valence-corrected chi connectivity index (χ0v) is 8.38. The lowest BCUT2D eigenvalue weighted by atomic mass is 10.3. The van der Waals surface area contributed by atoms with E-state index in [0.717, 1.165) is 0 Å². The summed E-state index contributed by atoms with van der Waals surface area (Å²) in [6.07, 6.45) is 0. The second-order valence-electron chi connectivity index (χ2n) is 2.93. The molecule has 0 aromatic carbocycles. The first-order valence-corrected chi connectivity index (χ1v) is 4.93. The van der Waals surface area contributed by atoms with Gasteiger partial charge in [-0.2, -0.15) is 5.06 Å². The van der Waals surface area contributed by atoms with Gasteiger partial charge in [-0.25, -0.2) is 4.62 Å². The quantitative estimate of drug-likeness (QED) is 0.504. The summed E-state index contributed by atoms with van der Waals surface area (Å²) in [5.74, 6) is 0. The van der Waals surface area contributed by atoms with Crippen LogP contribution in [0.2, 0.25) is 0 Å². The fraction of sp³-hybridized carbons (Fsp3) is 1.00. The van der Waals surface area contributed by atoms with Crippen molar-refractivity contribution >= 4 is 8.53 Å². The molecule has 0 spiro atoms. The molecule has 1 atom stereocenters. The molecule has 1 unspecified atom stereocenters. The first-order chi connectivity index (χ1) is 4.95. The van der Waals surface area contributed by atoms with E-state index in [9.17, 15) is 0 Å². The zero-order valence-electron chi connectivity index (χ0n) is 7.48. The molecule has 0 aromatic rings. The van der Waals surface area contributed by atoms with Crippen molar-refractivity contribution in [2.24, 2.45) is 5.50 Å². The fourth-order valence-electron chi connectivity index (χ4n) is 0.881. The van der Waals surface area contributed by atoms with Crippen LogP contribution in [-0.4, -0.2) is 22.0 Å². The van der Waals surface area contributed by atoms with Crippen LogP contribution < -0.4 is 5.50 Å². The van der Waals surface area contributed by atoms with Crippen LogP contribution in [0.5, 0.6) is 0 Å². The topological polar surface area (TPSA) is 58.7 Å². The summed E-state index contributed by atoms with van der Waals surface area (Å²) in [6, 6.07) is 0.464. The lowest BCUT2D eigenvalue weighted by Gasteiger charge is -2.29. The number of hydroxylamine groups is 2. The van der Waals surface area contributed by atoms with Crippen molar-refractivity contribution in [3.05, 3.63) is 0 Å². The minimum atomic E-state index is -1.78. The maximum absolute atomic E-state index is 8.80. The summed E-state index contributed by atoms with van der Waals surface area (Å²) >= 11 is 0. The Morgan fingerprint density at radius 3 is 1.73 bits per heavy atom. The minimum absolute atomic E-state index is 0.232. The largest absolute Gasteiger partial charge is 0.337 e. The van der Waals surface area contributed by atoms with E-state index in [1.54, 1.807) is 5.06 Å². The second-order valence-corrected chi connectivity index (χ2v) is 3.70. The molecule has 0 aliphatic carbocycles. The molecule has 0 heterocycles. The van der Waals surface area contributed by atoms with Crippen molar-refractivity contribution in [2.75, 3.05) is 0 Å². The van der Waals surface area contributed by atoms with Crippen molar-refractivity contribution in [3.8, 4) is 0 Å². The van der Waals surface area contributed by atoms with Gasteiger partial charge in [0.15, 0.2) is 0 Å². The van der Waals surface area contributed by atoms with Gasteiger partial charge in [-0.15, -0.1) is 0 Å². The molecule has 0 aliphatic rings. The first kappa shape index (κ1) is 11.3. The van der Waals surface area contributed by atoms with Crippen molar-refractivity contribution in [2.45, 2.75) is 39.8 Å². The van der Waals surface area contributed by atoms with Crippen LogP contribution in [0.15, 0.2) is 0 Å². The average molecular weight is 180 g/mol. The van der Waals surface area contributed by atoms with E-state index in [2.05, 4.69) is 0 Å². The Morgan fingerprint density at radius 2 is 1.64 bits per heavy atom. The maximum atomic E-state index is 8.80. The van der Waals surface area contributed by atoms with Crippen LogP contribution in [-0.2, 0) is 4.62 Å². The third-order valence-corrected chi connectivity index (χ3v) is 1.55. The highest BCUT2D eigenvalue weighted by Gasteiger charge is 2.16. The lowest BCUT2D eigenvalue weighted by Crippen LogP contribution is -2.36. The van der Waals surface area contributed by atoms with Gasteiger partial charge < -0.3 is 4.89 Å². The predicted molar refractivity (Wildman–Crippen MR) is 46.5 cm³/mol. The van der Waals surface area contributed by atoms with Gasteiger partial charge in [0.1, 0.15) is 0 Å². The van der Waals surface area contributed by atoms with E-state index in [4.69, 9.17) is 15.0 Å². The molecule has 11 heavy (non-hydrogen) atoms. The number of nitrogens with zero attached hydrogens (tertiary/aromatic N) is 1. The van der Waals surface area contributed by atoms with Crippen LogP contribution in [0, 0.1) is 0 Å². The fourth-order valence-corrected chi connectivity index (χ4v) is 1.45. The molecule has 0 aromatic heterocycles. The third-order valence-electron chi connectivity index (χ3n) is 1.20. The SMILES string of the molecule is CC(C)N(OP(N)O)C(C)C. The highest BCUT2D eigenvalue weighted by molar-refractivity contribution is 7.43. The van der Waals surface area contributed by atoms with E-state index in [-0.39, 0.29) is 12.1 Å². The van der Waals surface area contributed by atoms with E-state index >= 15 is 0 Å². The average Bonchev–Trinajstić information content (AvgIpc) is 1.81. The molecule has 0 rings (SSSR count). The van der Waals surface area contributed by atoms with Gasteiger partial charge in [0, 0.05) is 12.1 Å². The minimum Gasteiger partial charge on any atom is -0.337 e. The molecular formula is C6H17N2O2P. The zero-order chi connectivity index (χ0) is 9.02. The summed E-state index contributed by atoms with van der Waals surface area (Å²) < 4.78 is 5.00. The van der Waals surface area contributed by atoms with Gasteiger partial charge in [0.05, 0.1) is 0 Å². The second kappa shape index (κ2) is 5.01. The van der Waals surface area contributed by atoms with Crippen LogP contribution in [0.1, 0.15) is 27.7 Å². The van der Waals surface area contributed by atoms with Crippen LogP contribution >= 0.6 is 8.53 Å². The molecule has 0 amide bonds. The highest BCUT2D eigenvalue weighted by Crippen LogP contribution is 2.24. The summed E-state index contributed by atoms with van der Waals surface area (Å²) in [7, 11) is -1.78. The molecular weight excluding hydrogens is 163 g/mol. The standard InChI is InChI=1S/C6H17N2O2P/c1-5(2)8(6(3)4)10-11(7)9/h5-6,9H,7H2,1-4H3. The number of nitrogens with two attached hydrogens (primary N) is 1. The molecule has 0 saturated carbocycles. The summed E-state index contributed by atoms with van der Waals surface area (Å²) in [5.41, 5.74) is 5.13. The number of hydrogen-bond donors (Lipinski definition) is 2. The normalized spacial score (nSPS) is 15.0. The summed E-state index contributed by atoms with van der Waals surface area (Å²) in [5, 5.41) is 1.69. The number of rotatable bonds is 4. The lowest BCUT2D eigenvalue weighted by molar-refractivity contribution is -0.109. The van der Waals surface area contributed by atoms with Crippen LogP contribution in [0.4, 0.5) is 0 Å². The molecule has 0 saturated heterocycles. The first-order valence-electron chi connectivity index (χ1n) is 3.65. The molecule has 0 fully saturated rings. The summed E-state index contributed by atoms with van der Waals surface area (Å²) in [6.45, 7) is 7.94. The molecule has 0 bridgehead atoms. The molecule has 4 nitrogen and oxygen atoms in total. The molecule has 0 radical (unpaired) electrons. The Bertz CT molecular complexity index is 101. The molecule has 5 heteroatoms. The van der Waals surface area contributed by atoms with Crippen molar-refractivity contribution < 1.29 is 9.52 Å². The highest BCUT2D eigenvalue weighted by atomic mass is 31.2. The Labute approximate surface area is 69.3 Å². The third kappa shape index (κ3) is 4.67. The van der Waals surface area contributed by atoms with Gasteiger partial charge in [-0.3, -0.25) is 5.50 Å². The van der Waals surface area contributed by atoms with Crippen molar-refractivity contribution in [1.29, 1.82) is 0 Å². The van der Waals surface area contributed by atoms with Crippen molar-refractivity contribution in [1.82, 2.24) is 5.06 Å². The molecule has 0 aliphatic heterocycles. The van der Waals surface area contributed by atoms with Gasteiger partial charge in [-0.05, 0) is 27.7 Å².